The van der Waals surface area contributed by atoms with Gasteiger partial charge in [-0.2, -0.15) is 13.2 Å². The molecule has 0 aliphatic rings. The van der Waals surface area contributed by atoms with Crippen molar-refractivity contribution in [2.45, 2.75) is 6.18 Å². The molecule has 0 bridgehead atoms. The zero-order valence-electron chi connectivity index (χ0n) is 8.82. The number of hydrogen-bond donors (Lipinski definition) is 0. The van der Waals surface area contributed by atoms with Crippen LogP contribution in [0.15, 0.2) is 30.8 Å². The molecule has 0 N–H and O–H groups in total. The minimum absolute atomic E-state index is 0.0667. The number of hydrogen-bond acceptors (Lipinski definition) is 3. The maximum Gasteiger partial charge on any atom is 0.434 e. The number of benzene rings is 1. The Bertz CT molecular complexity index is 574. The van der Waals surface area contributed by atoms with Crippen molar-refractivity contribution in [1.29, 1.82) is 0 Å². The monoisotopic (exact) mass is 274 g/mol. The van der Waals surface area contributed by atoms with Crippen LogP contribution in [0.25, 0.3) is 17.1 Å². The molecule has 2 aromatic rings. The lowest BCUT2D eigenvalue weighted by molar-refractivity contribution is -0.0750. The standard InChI is InChI=1S/C10H6ClF3N4/c1-6(10(12,13)14)18-16-9(15-17-18)7-2-4-8(11)5-3-7/h2-5H,1H2. The number of halogens is 4. The predicted octanol–water partition coefficient (Wildman–Crippen LogP) is 3.03. The minimum atomic E-state index is -4.60. The summed E-state index contributed by atoms with van der Waals surface area (Å²) in [5.74, 6) is 0.0667. The first-order chi connectivity index (χ1) is 8.38. The maximum atomic E-state index is 12.4. The van der Waals surface area contributed by atoms with Gasteiger partial charge in [0.05, 0.1) is 0 Å². The molecule has 0 unspecified atom stereocenters. The Hall–Kier alpha value is -1.89. The fourth-order valence-corrected chi connectivity index (χ4v) is 1.28. The Labute approximate surface area is 105 Å². The summed E-state index contributed by atoms with van der Waals surface area (Å²) < 4.78 is 37.1. The van der Waals surface area contributed by atoms with Gasteiger partial charge in [-0.3, -0.25) is 0 Å². The van der Waals surface area contributed by atoms with E-state index in [2.05, 4.69) is 22.0 Å². The van der Waals surface area contributed by atoms with Crippen molar-refractivity contribution >= 4 is 17.3 Å². The summed E-state index contributed by atoms with van der Waals surface area (Å²) in [4.78, 5) is 0.351. The lowest BCUT2D eigenvalue weighted by Crippen LogP contribution is -2.17. The summed E-state index contributed by atoms with van der Waals surface area (Å²) in [5.41, 5.74) is -0.684. The van der Waals surface area contributed by atoms with Crippen molar-refractivity contribution in [2.75, 3.05) is 0 Å². The van der Waals surface area contributed by atoms with Crippen molar-refractivity contribution in [3.63, 3.8) is 0 Å². The topological polar surface area (TPSA) is 43.6 Å². The van der Waals surface area contributed by atoms with E-state index in [-0.39, 0.29) is 5.82 Å². The van der Waals surface area contributed by atoms with E-state index in [1.54, 1.807) is 24.3 Å². The van der Waals surface area contributed by atoms with Gasteiger partial charge in [0.25, 0.3) is 0 Å². The number of rotatable bonds is 2. The van der Waals surface area contributed by atoms with E-state index in [0.717, 1.165) is 0 Å². The Kier molecular flexibility index (Phi) is 3.08. The third kappa shape index (κ3) is 2.51. The molecule has 4 nitrogen and oxygen atoms in total. The minimum Gasteiger partial charge on any atom is -0.164 e. The molecule has 0 fully saturated rings. The highest BCUT2D eigenvalue weighted by Gasteiger charge is 2.35. The van der Waals surface area contributed by atoms with E-state index in [9.17, 15) is 13.2 Å². The second-order valence-corrected chi connectivity index (χ2v) is 3.79. The Balaban J connectivity index is 2.31. The van der Waals surface area contributed by atoms with Gasteiger partial charge < -0.3 is 0 Å². The zero-order valence-corrected chi connectivity index (χ0v) is 9.57. The molecule has 0 aliphatic heterocycles. The molecule has 0 saturated heterocycles. The van der Waals surface area contributed by atoms with Crippen LogP contribution in [0.2, 0.25) is 5.02 Å². The Morgan fingerprint density at radius 1 is 1.22 bits per heavy atom. The molecule has 2 rings (SSSR count). The van der Waals surface area contributed by atoms with Crippen LogP contribution in [0.5, 0.6) is 0 Å². The van der Waals surface area contributed by atoms with Crippen LogP contribution in [0.1, 0.15) is 0 Å². The van der Waals surface area contributed by atoms with Gasteiger partial charge in [-0.15, -0.1) is 15.0 Å². The molecule has 18 heavy (non-hydrogen) atoms. The van der Waals surface area contributed by atoms with Crippen LogP contribution >= 0.6 is 11.6 Å². The van der Waals surface area contributed by atoms with Crippen LogP contribution < -0.4 is 0 Å². The van der Waals surface area contributed by atoms with Crippen molar-refractivity contribution in [3.05, 3.63) is 35.9 Å². The van der Waals surface area contributed by atoms with E-state index < -0.39 is 11.9 Å². The number of nitrogens with zero attached hydrogens (tertiary/aromatic N) is 4. The van der Waals surface area contributed by atoms with Gasteiger partial charge in [-0.05, 0) is 29.5 Å². The molecule has 0 saturated carbocycles. The third-order valence-corrected chi connectivity index (χ3v) is 2.34. The van der Waals surface area contributed by atoms with Gasteiger partial charge in [0.2, 0.25) is 5.82 Å². The van der Waals surface area contributed by atoms with E-state index >= 15 is 0 Å². The van der Waals surface area contributed by atoms with Crippen molar-refractivity contribution < 1.29 is 13.2 Å². The van der Waals surface area contributed by atoms with Crippen molar-refractivity contribution in [2.24, 2.45) is 0 Å². The summed E-state index contributed by atoms with van der Waals surface area (Å²) in [5, 5.41) is 10.9. The first kappa shape index (κ1) is 12.6. The van der Waals surface area contributed by atoms with Crippen LogP contribution in [0, 0.1) is 0 Å². The second-order valence-electron chi connectivity index (χ2n) is 3.35. The Morgan fingerprint density at radius 2 is 1.83 bits per heavy atom. The van der Waals surface area contributed by atoms with Crippen molar-refractivity contribution in [3.8, 4) is 11.4 Å². The summed E-state index contributed by atoms with van der Waals surface area (Å²) in [7, 11) is 0. The summed E-state index contributed by atoms with van der Waals surface area (Å²) in [6, 6.07) is 6.33. The smallest absolute Gasteiger partial charge is 0.164 e. The lowest BCUT2D eigenvalue weighted by Gasteiger charge is -2.06. The number of alkyl halides is 3. The molecule has 0 amide bonds. The molecule has 0 radical (unpaired) electrons. The average molecular weight is 275 g/mol. The van der Waals surface area contributed by atoms with E-state index in [1.165, 1.54) is 0 Å². The lowest BCUT2D eigenvalue weighted by atomic mass is 10.2. The van der Waals surface area contributed by atoms with Gasteiger partial charge in [-0.1, -0.05) is 18.2 Å². The van der Waals surface area contributed by atoms with Crippen LogP contribution in [-0.4, -0.2) is 26.4 Å². The number of aromatic nitrogens is 4. The molecule has 1 aromatic heterocycles. The SMILES string of the molecule is C=C(n1nnc(-c2ccc(Cl)cc2)n1)C(F)(F)F. The highest BCUT2D eigenvalue weighted by atomic mass is 35.5. The molecule has 0 atom stereocenters. The van der Waals surface area contributed by atoms with E-state index in [0.29, 0.717) is 15.4 Å². The fourth-order valence-electron chi connectivity index (χ4n) is 1.16. The number of allylic oxidation sites excluding steroid dienone is 1. The van der Waals surface area contributed by atoms with Crippen LogP contribution in [-0.2, 0) is 0 Å². The fraction of sp³-hybridized carbons (Fsp3) is 0.100. The Morgan fingerprint density at radius 3 is 2.39 bits per heavy atom. The van der Waals surface area contributed by atoms with E-state index in [4.69, 9.17) is 11.6 Å². The van der Waals surface area contributed by atoms with Gasteiger partial charge in [0, 0.05) is 10.6 Å². The average Bonchev–Trinajstić information content (AvgIpc) is 2.77. The van der Waals surface area contributed by atoms with Crippen LogP contribution in [0.4, 0.5) is 13.2 Å². The van der Waals surface area contributed by atoms with Crippen molar-refractivity contribution in [1.82, 2.24) is 20.2 Å². The molecule has 1 heterocycles. The maximum absolute atomic E-state index is 12.4. The largest absolute Gasteiger partial charge is 0.434 e. The highest BCUT2D eigenvalue weighted by Crippen LogP contribution is 2.27. The molecular weight excluding hydrogens is 269 g/mol. The molecular formula is C10H6ClF3N4. The first-order valence-corrected chi connectivity index (χ1v) is 5.08. The second kappa shape index (κ2) is 4.41. The zero-order chi connectivity index (χ0) is 13.3. The normalized spacial score (nSPS) is 11.6. The van der Waals surface area contributed by atoms with Gasteiger partial charge in [-0.25, -0.2) is 0 Å². The highest BCUT2D eigenvalue weighted by molar-refractivity contribution is 6.30. The first-order valence-electron chi connectivity index (χ1n) is 4.70. The molecule has 0 spiro atoms. The number of tetrazole rings is 1. The molecule has 94 valence electrons. The quantitative estimate of drug-likeness (QED) is 0.845. The van der Waals surface area contributed by atoms with Gasteiger partial charge in [0.15, 0.2) is 5.70 Å². The van der Waals surface area contributed by atoms with Gasteiger partial charge in [0.1, 0.15) is 0 Å². The molecule has 1 aromatic carbocycles. The summed E-state index contributed by atoms with van der Waals surface area (Å²) in [6.45, 7) is 2.87. The van der Waals surface area contributed by atoms with E-state index in [1.807, 2.05) is 0 Å². The predicted molar refractivity (Wildman–Crippen MR) is 59.6 cm³/mol. The summed E-state index contributed by atoms with van der Waals surface area (Å²) >= 11 is 5.69. The molecule has 0 aliphatic carbocycles. The summed E-state index contributed by atoms with van der Waals surface area (Å²) in [6.07, 6.45) is -4.60. The molecule has 8 heteroatoms. The van der Waals surface area contributed by atoms with Crippen LogP contribution in [0.3, 0.4) is 0 Å². The third-order valence-electron chi connectivity index (χ3n) is 2.08. The van der Waals surface area contributed by atoms with Gasteiger partial charge >= 0.3 is 6.18 Å².